The molecule has 0 saturated heterocycles. The summed E-state index contributed by atoms with van der Waals surface area (Å²) in [7, 11) is 1.57. The van der Waals surface area contributed by atoms with Gasteiger partial charge < -0.3 is 9.47 Å². The maximum atomic E-state index is 12.8. The quantitative estimate of drug-likeness (QED) is 0.276. The van der Waals surface area contributed by atoms with Crippen molar-refractivity contribution in [2.45, 2.75) is 11.4 Å². The van der Waals surface area contributed by atoms with E-state index in [-0.39, 0.29) is 5.56 Å². The largest absolute Gasteiger partial charge is 0.497 e. The third-order valence-corrected chi connectivity index (χ3v) is 5.18. The van der Waals surface area contributed by atoms with Gasteiger partial charge in [-0.15, -0.1) is 0 Å². The summed E-state index contributed by atoms with van der Waals surface area (Å²) in [6.45, 7) is 0.315. The monoisotopic (exact) mass is 438 g/mol. The highest BCUT2D eigenvalue weighted by Crippen LogP contribution is 2.29. The van der Waals surface area contributed by atoms with Crippen molar-refractivity contribution in [3.8, 4) is 11.5 Å². The first kappa shape index (κ1) is 19.8. The highest BCUT2D eigenvalue weighted by molar-refractivity contribution is 9.09. The molecule has 1 unspecified atom stereocenters. The van der Waals surface area contributed by atoms with Crippen molar-refractivity contribution in [1.82, 2.24) is 0 Å². The number of ether oxygens (including phenoxy) is 2. The van der Waals surface area contributed by atoms with Gasteiger partial charge in [0.05, 0.1) is 12.7 Å². The lowest BCUT2D eigenvalue weighted by Crippen LogP contribution is -2.19. The van der Waals surface area contributed by atoms with Gasteiger partial charge in [0.2, 0.25) is 11.6 Å². The van der Waals surface area contributed by atoms with E-state index >= 15 is 0 Å². The van der Waals surface area contributed by atoms with Gasteiger partial charge in [-0.25, -0.2) is 0 Å². The molecule has 5 heteroatoms. The van der Waals surface area contributed by atoms with Crippen LogP contribution in [0.4, 0.5) is 0 Å². The molecule has 0 heterocycles. The zero-order valence-corrected chi connectivity index (χ0v) is 16.9. The van der Waals surface area contributed by atoms with Crippen LogP contribution in [-0.4, -0.2) is 18.7 Å². The van der Waals surface area contributed by atoms with Crippen LogP contribution in [0.25, 0.3) is 0 Å². The van der Waals surface area contributed by atoms with Crippen molar-refractivity contribution >= 4 is 27.5 Å². The van der Waals surface area contributed by atoms with E-state index in [9.17, 15) is 9.59 Å². The summed E-state index contributed by atoms with van der Waals surface area (Å²) in [5.41, 5.74) is 1.91. The molecule has 0 saturated carbocycles. The number of hydrogen-bond acceptors (Lipinski definition) is 4. The van der Waals surface area contributed by atoms with Gasteiger partial charge in [-0.2, -0.15) is 0 Å². The minimum atomic E-state index is -0.743. The fraction of sp³-hybridized carbons (Fsp3) is 0.130. The van der Waals surface area contributed by atoms with Crippen LogP contribution < -0.4 is 9.47 Å². The second kappa shape index (κ2) is 9.33. The predicted molar refractivity (Wildman–Crippen MR) is 111 cm³/mol. The van der Waals surface area contributed by atoms with Gasteiger partial charge in [-0.3, -0.25) is 9.59 Å². The number of carbonyl (C=O) groups excluding carboxylic acids is 2. The topological polar surface area (TPSA) is 52.6 Å². The Bertz CT molecular complexity index is 952. The summed E-state index contributed by atoms with van der Waals surface area (Å²) in [6, 6.07) is 23.4. The molecule has 0 aliphatic rings. The van der Waals surface area contributed by atoms with Gasteiger partial charge in [-0.1, -0.05) is 70.5 Å². The second-order valence-corrected chi connectivity index (χ2v) is 7.02. The fourth-order valence-corrected chi connectivity index (χ4v) is 3.20. The Kier molecular flexibility index (Phi) is 6.61. The summed E-state index contributed by atoms with van der Waals surface area (Å²) >= 11 is 3.34. The highest BCUT2D eigenvalue weighted by atomic mass is 79.9. The molecule has 0 radical (unpaired) electrons. The summed E-state index contributed by atoms with van der Waals surface area (Å²) in [6.07, 6.45) is 0. The lowest BCUT2D eigenvalue weighted by atomic mass is 10.0. The summed E-state index contributed by atoms with van der Waals surface area (Å²) < 4.78 is 10.9. The molecule has 0 amide bonds. The molecule has 0 aliphatic carbocycles. The Morgan fingerprint density at radius 1 is 0.893 bits per heavy atom. The first-order valence-corrected chi connectivity index (χ1v) is 9.64. The van der Waals surface area contributed by atoms with Gasteiger partial charge in [0.25, 0.3) is 0 Å². The third-order valence-electron chi connectivity index (χ3n) is 4.23. The highest BCUT2D eigenvalue weighted by Gasteiger charge is 2.27. The minimum Gasteiger partial charge on any atom is -0.497 e. The Morgan fingerprint density at radius 2 is 1.54 bits per heavy atom. The van der Waals surface area contributed by atoms with Gasteiger partial charge >= 0.3 is 0 Å². The Morgan fingerprint density at radius 3 is 2.21 bits per heavy atom. The van der Waals surface area contributed by atoms with E-state index in [1.54, 1.807) is 55.6 Å². The number of ketones is 2. The molecule has 3 aromatic rings. The number of hydrogen-bond donors (Lipinski definition) is 0. The molecule has 0 fully saturated rings. The fourth-order valence-electron chi connectivity index (χ4n) is 2.69. The average molecular weight is 439 g/mol. The molecule has 0 aliphatic heterocycles. The van der Waals surface area contributed by atoms with Gasteiger partial charge in [0, 0.05) is 0 Å². The Labute approximate surface area is 172 Å². The standard InChI is InChI=1S/C23H19BrO4/c1-27-18-13-11-17(12-14-18)21(24)23(26)22(25)19-9-5-6-10-20(19)28-15-16-7-3-2-4-8-16/h2-14,21H,15H2,1H3. The van der Waals surface area contributed by atoms with Crippen molar-refractivity contribution in [3.63, 3.8) is 0 Å². The van der Waals surface area contributed by atoms with Gasteiger partial charge in [-0.05, 0) is 35.4 Å². The Hall–Kier alpha value is -2.92. The summed E-state index contributed by atoms with van der Waals surface area (Å²) in [4.78, 5) is 24.8. The molecule has 4 nitrogen and oxygen atoms in total. The molecule has 142 valence electrons. The molecule has 3 rings (SSSR count). The number of rotatable bonds is 8. The number of benzene rings is 3. The van der Waals surface area contributed by atoms with Crippen LogP contribution in [0.5, 0.6) is 11.5 Å². The lowest BCUT2D eigenvalue weighted by Gasteiger charge is -2.13. The number of carbonyl (C=O) groups is 2. The number of alkyl halides is 1. The first-order valence-electron chi connectivity index (χ1n) is 8.72. The van der Waals surface area contributed by atoms with Crippen LogP contribution in [0.2, 0.25) is 0 Å². The van der Waals surface area contributed by atoms with E-state index in [2.05, 4.69) is 15.9 Å². The van der Waals surface area contributed by atoms with E-state index in [4.69, 9.17) is 9.47 Å². The first-order chi connectivity index (χ1) is 13.6. The van der Waals surface area contributed by atoms with Crippen molar-refractivity contribution in [3.05, 3.63) is 95.6 Å². The number of halogens is 1. The minimum absolute atomic E-state index is 0.251. The van der Waals surface area contributed by atoms with Crippen LogP contribution in [0.3, 0.4) is 0 Å². The number of Topliss-reactive ketones (excluding diaryl/α,β-unsaturated/α-hetero) is 2. The number of methoxy groups -OCH3 is 1. The normalized spacial score (nSPS) is 11.5. The lowest BCUT2D eigenvalue weighted by molar-refractivity contribution is -0.114. The van der Waals surface area contributed by atoms with E-state index in [1.807, 2.05) is 30.3 Å². The van der Waals surface area contributed by atoms with Crippen LogP contribution in [0.15, 0.2) is 78.9 Å². The summed E-state index contributed by atoms with van der Waals surface area (Å²) in [5.74, 6) is -0.0803. The van der Waals surface area contributed by atoms with Crippen LogP contribution in [0, 0.1) is 0 Å². The molecule has 0 spiro atoms. The van der Waals surface area contributed by atoms with Crippen LogP contribution in [0.1, 0.15) is 26.3 Å². The SMILES string of the molecule is COc1ccc(C(Br)C(=O)C(=O)c2ccccc2OCc2ccccc2)cc1. The van der Waals surface area contributed by atoms with Crippen molar-refractivity contribution in [1.29, 1.82) is 0 Å². The van der Waals surface area contributed by atoms with Gasteiger partial charge in [0.15, 0.2) is 0 Å². The average Bonchev–Trinajstić information content (AvgIpc) is 2.77. The van der Waals surface area contributed by atoms with E-state index in [0.29, 0.717) is 23.7 Å². The zero-order valence-electron chi connectivity index (χ0n) is 15.3. The molecule has 0 N–H and O–H groups in total. The molecule has 3 aromatic carbocycles. The van der Waals surface area contributed by atoms with E-state index in [1.165, 1.54) is 0 Å². The third kappa shape index (κ3) is 4.67. The smallest absolute Gasteiger partial charge is 0.233 e. The van der Waals surface area contributed by atoms with Crippen LogP contribution in [-0.2, 0) is 11.4 Å². The molecular formula is C23H19BrO4. The van der Waals surface area contributed by atoms with E-state index in [0.717, 1.165) is 5.56 Å². The number of para-hydroxylation sites is 1. The van der Waals surface area contributed by atoms with Crippen molar-refractivity contribution < 1.29 is 19.1 Å². The Balaban J connectivity index is 1.76. The molecule has 28 heavy (non-hydrogen) atoms. The second-order valence-electron chi connectivity index (χ2n) is 6.10. The summed E-state index contributed by atoms with van der Waals surface area (Å²) in [5, 5.41) is 0. The van der Waals surface area contributed by atoms with Crippen molar-refractivity contribution in [2.24, 2.45) is 0 Å². The van der Waals surface area contributed by atoms with Crippen LogP contribution >= 0.6 is 15.9 Å². The molecule has 1 atom stereocenters. The maximum absolute atomic E-state index is 12.8. The van der Waals surface area contributed by atoms with Gasteiger partial charge in [0.1, 0.15) is 22.9 Å². The molecular weight excluding hydrogens is 420 g/mol. The maximum Gasteiger partial charge on any atom is 0.233 e. The molecule has 0 aromatic heterocycles. The van der Waals surface area contributed by atoms with E-state index < -0.39 is 16.4 Å². The zero-order chi connectivity index (χ0) is 19.9. The molecule has 0 bridgehead atoms. The predicted octanol–water partition coefficient (Wildman–Crippen LogP) is 5.16. The van der Waals surface area contributed by atoms with Crippen molar-refractivity contribution in [2.75, 3.05) is 7.11 Å².